The number of H-pyrrole nitrogens is 1. The Kier molecular flexibility index (Phi) is 5.35. The third-order valence-corrected chi connectivity index (χ3v) is 4.57. The van der Waals surface area contributed by atoms with Crippen molar-refractivity contribution in [2.45, 2.75) is 25.7 Å². The third-order valence-electron chi connectivity index (χ3n) is 4.32. The second-order valence-electron chi connectivity index (χ2n) is 6.07. The van der Waals surface area contributed by atoms with Crippen LogP contribution in [0.2, 0.25) is 5.02 Å². The molecule has 1 aliphatic rings. The molecule has 1 heterocycles. The van der Waals surface area contributed by atoms with Gasteiger partial charge in [-0.15, -0.1) is 0 Å². The van der Waals surface area contributed by atoms with E-state index in [1.54, 1.807) is 17.0 Å². The van der Waals surface area contributed by atoms with E-state index in [2.05, 4.69) is 15.4 Å². The van der Waals surface area contributed by atoms with E-state index in [0.29, 0.717) is 24.6 Å². The molecule has 6 nitrogen and oxygen atoms in total. The van der Waals surface area contributed by atoms with Gasteiger partial charge in [-0.1, -0.05) is 11.6 Å². The molecule has 0 aliphatic heterocycles. The molecule has 1 aromatic carbocycles. The third kappa shape index (κ3) is 4.06. The van der Waals surface area contributed by atoms with Crippen LogP contribution in [0.15, 0.2) is 24.3 Å². The highest BCUT2D eigenvalue weighted by molar-refractivity contribution is 6.30. The van der Waals surface area contributed by atoms with Gasteiger partial charge in [0.25, 0.3) is 0 Å². The van der Waals surface area contributed by atoms with E-state index in [-0.39, 0.29) is 11.8 Å². The molecule has 2 aromatic rings. The Hall–Kier alpha value is -2.08. The van der Waals surface area contributed by atoms with Crippen LogP contribution in [0.1, 0.15) is 24.2 Å². The highest BCUT2D eigenvalue weighted by Crippen LogP contribution is 2.23. The summed E-state index contributed by atoms with van der Waals surface area (Å²) in [6, 6.07) is 7.28. The van der Waals surface area contributed by atoms with Gasteiger partial charge in [-0.25, -0.2) is 0 Å². The lowest BCUT2D eigenvalue weighted by Crippen LogP contribution is -2.36. The molecule has 0 saturated heterocycles. The van der Waals surface area contributed by atoms with Crippen LogP contribution in [-0.2, 0) is 17.6 Å². The number of aryl methyl sites for hydroxylation is 1. The number of amides is 1. The number of nitrogens with zero attached hydrogens (tertiary/aromatic N) is 3. The van der Waals surface area contributed by atoms with Crippen LogP contribution in [0.4, 0.5) is 0 Å². The fourth-order valence-corrected chi connectivity index (χ4v) is 3.07. The summed E-state index contributed by atoms with van der Waals surface area (Å²) in [5.41, 5.74) is 1.93. The fraction of sp³-hybridized carbons (Fsp3) is 0.471. The van der Waals surface area contributed by atoms with Crippen LogP contribution >= 0.6 is 11.6 Å². The Morgan fingerprint density at radius 2 is 2.08 bits per heavy atom. The monoisotopic (exact) mass is 348 g/mol. The number of benzene rings is 1. The van der Waals surface area contributed by atoms with E-state index >= 15 is 0 Å². The zero-order chi connectivity index (χ0) is 16.9. The van der Waals surface area contributed by atoms with Crippen molar-refractivity contribution >= 4 is 17.5 Å². The molecule has 1 N–H and O–H groups in total. The molecule has 0 saturated carbocycles. The minimum absolute atomic E-state index is 0.00443. The van der Waals surface area contributed by atoms with Crippen LogP contribution in [0.5, 0.6) is 5.75 Å². The largest absolute Gasteiger partial charge is 0.494 e. The van der Waals surface area contributed by atoms with Gasteiger partial charge in [-0.2, -0.15) is 15.4 Å². The first-order valence-electron chi connectivity index (χ1n) is 8.15. The molecule has 0 spiro atoms. The quantitative estimate of drug-likeness (QED) is 0.814. The lowest BCUT2D eigenvalue weighted by atomic mass is 9.89. The number of aromatic nitrogens is 3. The van der Waals surface area contributed by atoms with E-state index in [4.69, 9.17) is 16.3 Å². The van der Waals surface area contributed by atoms with Gasteiger partial charge >= 0.3 is 0 Å². The average molecular weight is 349 g/mol. The van der Waals surface area contributed by atoms with Crippen molar-refractivity contribution in [1.29, 1.82) is 0 Å². The second kappa shape index (κ2) is 7.66. The zero-order valence-corrected chi connectivity index (χ0v) is 14.4. The fourth-order valence-electron chi connectivity index (χ4n) is 2.94. The molecule has 1 atom stereocenters. The SMILES string of the molecule is CN(CCCOc1ccc(Cl)cc1)C(=O)C1CCc2n[nH]nc2C1. The van der Waals surface area contributed by atoms with Crippen LogP contribution in [0.25, 0.3) is 0 Å². The highest BCUT2D eigenvalue weighted by atomic mass is 35.5. The summed E-state index contributed by atoms with van der Waals surface area (Å²) in [4.78, 5) is 14.3. The van der Waals surface area contributed by atoms with E-state index < -0.39 is 0 Å². The predicted molar refractivity (Wildman–Crippen MR) is 91.1 cm³/mol. The first-order chi connectivity index (χ1) is 11.6. The molecule has 0 bridgehead atoms. The summed E-state index contributed by atoms with van der Waals surface area (Å²) in [6.07, 6.45) is 3.11. The maximum atomic E-state index is 12.5. The number of carbonyl (C=O) groups is 1. The lowest BCUT2D eigenvalue weighted by molar-refractivity contribution is -0.134. The summed E-state index contributed by atoms with van der Waals surface area (Å²) in [5.74, 6) is 0.971. The normalized spacial score (nSPS) is 16.5. The molecular formula is C17H21ClN4O2. The topological polar surface area (TPSA) is 71.1 Å². The molecule has 3 rings (SSSR count). The molecule has 7 heteroatoms. The Labute approximate surface area is 146 Å². The van der Waals surface area contributed by atoms with Crippen molar-refractivity contribution in [1.82, 2.24) is 20.3 Å². The number of aromatic amines is 1. The second-order valence-corrected chi connectivity index (χ2v) is 6.51. The Bertz CT molecular complexity index is 686. The molecule has 1 aromatic heterocycles. The number of carbonyl (C=O) groups excluding carboxylic acids is 1. The first-order valence-corrected chi connectivity index (χ1v) is 8.53. The van der Waals surface area contributed by atoms with Crippen molar-refractivity contribution < 1.29 is 9.53 Å². The smallest absolute Gasteiger partial charge is 0.225 e. The molecule has 0 radical (unpaired) electrons. The summed E-state index contributed by atoms with van der Waals surface area (Å²) < 4.78 is 5.65. The molecule has 1 aliphatic carbocycles. The van der Waals surface area contributed by atoms with Gasteiger partial charge in [0.05, 0.1) is 18.0 Å². The number of rotatable bonds is 6. The summed E-state index contributed by atoms with van der Waals surface area (Å²) in [7, 11) is 1.85. The molecule has 24 heavy (non-hydrogen) atoms. The Morgan fingerprint density at radius 1 is 1.33 bits per heavy atom. The lowest BCUT2D eigenvalue weighted by Gasteiger charge is -2.25. The molecule has 1 amide bonds. The van der Waals surface area contributed by atoms with Gasteiger partial charge < -0.3 is 9.64 Å². The van der Waals surface area contributed by atoms with Crippen molar-refractivity contribution in [3.05, 3.63) is 40.7 Å². The van der Waals surface area contributed by atoms with Crippen molar-refractivity contribution in [2.75, 3.05) is 20.2 Å². The van der Waals surface area contributed by atoms with Gasteiger partial charge in [0, 0.05) is 31.0 Å². The van der Waals surface area contributed by atoms with Gasteiger partial charge in [-0.05, 0) is 43.5 Å². The van der Waals surface area contributed by atoms with Crippen LogP contribution in [-0.4, -0.2) is 46.4 Å². The Balaban J connectivity index is 1.41. The first kappa shape index (κ1) is 16.8. The van der Waals surface area contributed by atoms with E-state index in [1.807, 2.05) is 19.2 Å². The number of hydrogen-bond acceptors (Lipinski definition) is 4. The maximum Gasteiger partial charge on any atom is 0.225 e. The van der Waals surface area contributed by atoms with Crippen LogP contribution in [0.3, 0.4) is 0 Å². The van der Waals surface area contributed by atoms with Gasteiger partial charge in [0.1, 0.15) is 5.75 Å². The predicted octanol–water partition coefficient (Wildman–Crippen LogP) is 2.49. The summed E-state index contributed by atoms with van der Waals surface area (Å²) >= 11 is 5.84. The van der Waals surface area contributed by atoms with Gasteiger partial charge in [-0.3, -0.25) is 4.79 Å². The molecular weight excluding hydrogens is 328 g/mol. The number of hydrogen-bond donors (Lipinski definition) is 1. The molecule has 1 unspecified atom stereocenters. The van der Waals surface area contributed by atoms with E-state index in [0.717, 1.165) is 36.4 Å². The Morgan fingerprint density at radius 3 is 2.88 bits per heavy atom. The van der Waals surface area contributed by atoms with Crippen molar-refractivity contribution in [3.8, 4) is 5.75 Å². The van der Waals surface area contributed by atoms with Crippen LogP contribution in [0, 0.1) is 5.92 Å². The van der Waals surface area contributed by atoms with Gasteiger partial charge in [0.15, 0.2) is 0 Å². The maximum absolute atomic E-state index is 12.5. The van der Waals surface area contributed by atoms with Crippen LogP contribution < -0.4 is 4.74 Å². The van der Waals surface area contributed by atoms with Gasteiger partial charge in [0.2, 0.25) is 5.91 Å². The van der Waals surface area contributed by atoms with E-state index in [1.165, 1.54) is 0 Å². The summed E-state index contributed by atoms with van der Waals surface area (Å²) in [6.45, 7) is 1.24. The minimum Gasteiger partial charge on any atom is -0.494 e. The zero-order valence-electron chi connectivity index (χ0n) is 13.7. The number of nitrogens with one attached hydrogen (secondary N) is 1. The standard InChI is InChI=1S/C17H21ClN4O2/c1-22(9-2-10-24-14-6-4-13(18)5-7-14)17(23)12-3-8-15-16(11-12)20-21-19-15/h4-7,12H,2-3,8-11H2,1H3,(H,19,20,21). The van der Waals surface area contributed by atoms with Crippen molar-refractivity contribution in [2.24, 2.45) is 5.92 Å². The molecule has 0 fully saturated rings. The van der Waals surface area contributed by atoms with E-state index in [9.17, 15) is 4.79 Å². The highest BCUT2D eigenvalue weighted by Gasteiger charge is 2.28. The number of fused-ring (bicyclic) bond motifs is 1. The number of halogens is 1. The summed E-state index contributed by atoms with van der Waals surface area (Å²) in [5, 5.41) is 11.6. The average Bonchev–Trinajstić information content (AvgIpc) is 3.07. The van der Waals surface area contributed by atoms with Crippen molar-refractivity contribution in [3.63, 3.8) is 0 Å². The number of ether oxygens (including phenoxy) is 1. The molecule has 128 valence electrons. The minimum atomic E-state index is 0.00443.